The maximum atomic E-state index is 12.9. The first-order valence-electron chi connectivity index (χ1n) is 9.72. The van der Waals surface area contributed by atoms with Crippen molar-refractivity contribution in [2.75, 3.05) is 27.2 Å². The number of ether oxygens (including phenoxy) is 1. The van der Waals surface area contributed by atoms with Crippen molar-refractivity contribution in [2.45, 2.75) is 18.5 Å². The van der Waals surface area contributed by atoms with Gasteiger partial charge in [-0.1, -0.05) is 48.5 Å². The Hall–Kier alpha value is -2.57. The van der Waals surface area contributed by atoms with E-state index in [1.807, 2.05) is 61.5 Å². The average molecular weight is 452 g/mol. The molecule has 0 radical (unpaired) electrons. The molecule has 166 valence electrons. The quantitative estimate of drug-likeness (QED) is 0.402. The van der Waals surface area contributed by atoms with Crippen LogP contribution in [0.5, 0.6) is 0 Å². The molecule has 0 aliphatic rings. The summed E-state index contributed by atoms with van der Waals surface area (Å²) in [5.41, 5.74) is 0.0936. The number of carbonyl (C=O) groups is 1. The molecule has 0 amide bonds. The zero-order valence-corrected chi connectivity index (χ0v) is 18.2. The SMILES string of the molecule is CN(C)CCC(COC(=O)c1cccc(C(F)(F)F)c1)c1cccc2ccccc12.Cl. The van der Waals surface area contributed by atoms with Crippen LogP contribution in [0.1, 0.15) is 33.8 Å². The van der Waals surface area contributed by atoms with E-state index in [0.717, 1.165) is 41.4 Å². The van der Waals surface area contributed by atoms with Crippen molar-refractivity contribution >= 4 is 29.1 Å². The molecule has 31 heavy (non-hydrogen) atoms. The summed E-state index contributed by atoms with van der Waals surface area (Å²) in [6.45, 7) is 0.881. The Bertz CT molecular complexity index is 1020. The molecule has 0 heterocycles. The Morgan fingerprint density at radius 3 is 2.39 bits per heavy atom. The van der Waals surface area contributed by atoms with Crippen molar-refractivity contribution in [1.29, 1.82) is 0 Å². The number of rotatable bonds is 7. The number of esters is 1. The molecule has 0 spiro atoms. The molecule has 0 saturated carbocycles. The molecule has 3 aromatic carbocycles. The summed E-state index contributed by atoms with van der Waals surface area (Å²) >= 11 is 0. The average Bonchev–Trinajstić information content (AvgIpc) is 2.72. The molecule has 0 N–H and O–H groups in total. The second-order valence-electron chi connectivity index (χ2n) is 7.53. The van der Waals surface area contributed by atoms with Crippen LogP contribution in [0.3, 0.4) is 0 Å². The number of carbonyl (C=O) groups excluding carboxylic acids is 1. The molecule has 0 aliphatic heterocycles. The van der Waals surface area contributed by atoms with Crippen LogP contribution in [-0.4, -0.2) is 38.1 Å². The maximum absolute atomic E-state index is 12.9. The summed E-state index contributed by atoms with van der Waals surface area (Å²) in [7, 11) is 3.93. The highest BCUT2D eigenvalue weighted by Gasteiger charge is 2.31. The molecule has 0 saturated heterocycles. The topological polar surface area (TPSA) is 29.5 Å². The van der Waals surface area contributed by atoms with Crippen LogP contribution < -0.4 is 0 Å². The summed E-state index contributed by atoms with van der Waals surface area (Å²) in [6, 6.07) is 18.3. The molecule has 0 aliphatic carbocycles. The number of alkyl halides is 3. The van der Waals surface area contributed by atoms with Gasteiger partial charge in [-0.3, -0.25) is 0 Å². The smallest absolute Gasteiger partial charge is 0.416 e. The van der Waals surface area contributed by atoms with Crippen molar-refractivity contribution in [1.82, 2.24) is 4.90 Å². The van der Waals surface area contributed by atoms with Gasteiger partial charge >= 0.3 is 12.1 Å². The number of nitrogens with zero attached hydrogens (tertiary/aromatic N) is 1. The first kappa shape index (κ1) is 24.7. The maximum Gasteiger partial charge on any atom is 0.416 e. The van der Waals surface area contributed by atoms with Gasteiger partial charge in [-0.25, -0.2) is 4.79 Å². The van der Waals surface area contributed by atoms with E-state index in [2.05, 4.69) is 0 Å². The first-order valence-corrected chi connectivity index (χ1v) is 9.72. The number of fused-ring (bicyclic) bond motifs is 1. The summed E-state index contributed by atoms with van der Waals surface area (Å²) in [6.07, 6.45) is -3.76. The van der Waals surface area contributed by atoms with E-state index in [0.29, 0.717) is 0 Å². The van der Waals surface area contributed by atoms with Crippen molar-refractivity contribution in [3.05, 3.63) is 83.4 Å². The van der Waals surface area contributed by atoms with Crippen molar-refractivity contribution in [2.24, 2.45) is 0 Å². The molecule has 1 atom stereocenters. The minimum absolute atomic E-state index is 0. The van der Waals surface area contributed by atoms with Gasteiger partial charge in [0.05, 0.1) is 17.7 Å². The summed E-state index contributed by atoms with van der Waals surface area (Å²) in [5.74, 6) is -0.829. The summed E-state index contributed by atoms with van der Waals surface area (Å²) in [4.78, 5) is 14.5. The van der Waals surface area contributed by atoms with Crippen LogP contribution in [-0.2, 0) is 10.9 Å². The molecule has 0 aromatic heterocycles. The standard InChI is InChI=1S/C24H24F3NO2.ClH/c1-28(2)14-13-19(22-12-6-8-17-7-3-4-11-21(17)22)16-30-23(29)18-9-5-10-20(15-18)24(25,26)27;/h3-12,15,19H,13-14,16H2,1-2H3;1H. The second-order valence-corrected chi connectivity index (χ2v) is 7.53. The lowest BCUT2D eigenvalue weighted by atomic mass is 9.91. The lowest BCUT2D eigenvalue weighted by Crippen LogP contribution is -2.20. The Morgan fingerprint density at radius 1 is 1.00 bits per heavy atom. The van der Waals surface area contributed by atoms with Gasteiger partial charge in [-0.05, 0) is 61.6 Å². The minimum Gasteiger partial charge on any atom is -0.461 e. The molecule has 1 unspecified atom stereocenters. The Balaban J connectivity index is 0.00000341. The van der Waals surface area contributed by atoms with Crippen molar-refractivity contribution < 1.29 is 22.7 Å². The highest BCUT2D eigenvalue weighted by atomic mass is 35.5. The van der Waals surface area contributed by atoms with Gasteiger partial charge in [0.15, 0.2) is 0 Å². The first-order chi connectivity index (χ1) is 14.3. The monoisotopic (exact) mass is 451 g/mol. The molecule has 3 rings (SSSR count). The van der Waals surface area contributed by atoms with Crippen molar-refractivity contribution in [3.8, 4) is 0 Å². The van der Waals surface area contributed by atoms with E-state index in [1.165, 1.54) is 12.1 Å². The number of hydrogen-bond acceptors (Lipinski definition) is 3. The second kappa shape index (κ2) is 10.6. The van der Waals surface area contributed by atoms with E-state index in [9.17, 15) is 18.0 Å². The van der Waals surface area contributed by atoms with E-state index >= 15 is 0 Å². The van der Waals surface area contributed by atoms with Gasteiger partial charge in [0.2, 0.25) is 0 Å². The van der Waals surface area contributed by atoms with E-state index in [1.54, 1.807) is 0 Å². The summed E-state index contributed by atoms with van der Waals surface area (Å²) in [5, 5.41) is 2.17. The minimum atomic E-state index is -4.51. The van der Waals surface area contributed by atoms with Gasteiger partial charge in [0.25, 0.3) is 0 Å². The third kappa shape index (κ3) is 6.45. The van der Waals surface area contributed by atoms with Gasteiger partial charge in [0.1, 0.15) is 0 Å². The molecule has 3 aromatic rings. The number of benzene rings is 3. The largest absolute Gasteiger partial charge is 0.461 e. The third-order valence-corrected chi connectivity index (χ3v) is 5.03. The van der Waals surface area contributed by atoms with Gasteiger partial charge in [-0.2, -0.15) is 13.2 Å². The van der Waals surface area contributed by atoms with Crippen LogP contribution in [0.15, 0.2) is 66.7 Å². The van der Waals surface area contributed by atoms with E-state index in [4.69, 9.17) is 4.74 Å². The highest BCUT2D eigenvalue weighted by molar-refractivity contribution is 5.90. The summed E-state index contributed by atoms with van der Waals surface area (Å²) < 4.78 is 44.3. The molecule has 0 bridgehead atoms. The normalized spacial score (nSPS) is 12.5. The lowest BCUT2D eigenvalue weighted by Gasteiger charge is -2.21. The lowest BCUT2D eigenvalue weighted by molar-refractivity contribution is -0.137. The molecule has 7 heteroatoms. The van der Waals surface area contributed by atoms with Crippen LogP contribution >= 0.6 is 12.4 Å². The predicted molar refractivity (Wildman–Crippen MR) is 119 cm³/mol. The fraction of sp³-hybridized carbons (Fsp3) is 0.292. The third-order valence-electron chi connectivity index (χ3n) is 5.03. The van der Waals surface area contributed by atoms with Crippen LogP contribution in [0.2, 0.25) is 0 Å². The van der Waals surface area contributed by atoms with Crippen molar-refractivity contribution in [3.63, 3.8) is 0 Å². The molecule has 0 fully saturated rings. The highest BCUT2D eigenvalue weighted by Crippen LogP contribution is 2.31. The molecule has 3 nitrogen and oxygen atoms in total. The van der Waals surface area contributed by atoms with Gasteiger partial charge < -0.3 is 9.64 Å². The van der Waals surface area contributed by atoms with E-state index < -0.39 is 17.7 Å². The van der Waals surface area contributed by atoms with Crippen LogP contribution in [0, 0.1) is 0 Å². The fourth-order valence-corrected chi connectivity index (χ4v) is 3.43. The van der Waals surface area contributed by atoms with E-state index in [-0.39, 0.29) is 30.5 Å². The van der Waals surface area contributed by atoms with Crippen LogP contribution in [0.25, 0.3) is 10.8 Å². The van der Waals surface area contributed by atoms with Gasteiger partial charge in [-0.15, -0.1) is 12.4 Å². The Labute approximate surface area is 186 Å². The zero-order valence-electron chi connectivity index (χ0n) is 17.4. The van der Waals surface area contributed by atoms with Crippen LogP contribution in [0.4, 0.5) is 13.2 Å². The number of halogens is 4. The predicted octanol–water partition coefficient (Wildman–Crippen LogP) is 6.17. The number of hydrogen-bond donors (Lipinski definition) is 0. The fourth-order valence-electron chi connectivity index (χ4n) is 3.43. The Morgan fingerprint density at radius 2 is 1.68 bits per heavy atom. The zero-order chi connectivity index (χ0) is 21.7. The van der Waals surface area contributed by atoms with Gasteiger partial charge in [0, 0.05) is 5.92 Å². The molecular formula is C24H25ClF3NO2. The Kier molecular flexibility index (Phi) is 8.48. The molecular weight excluding hydrogens is 427 g/mol.